The molecular formula is C20H17NO4S. The topological polar surface area (TPSA) is 74.7 Å². The Morgan fingerprint density at radius 3 is 2.31 bits per heavy atom. The van der Waals surface area contributed by atoms with Crippen LogP contribution < -0.4 is 0 Å². The number of hydrogen-bond donors (Lipinski definition) is 1. The second-order valence-electron chi connectivity index (χ2n) is 6.39. The minimum atomic E-state index is -3.94. The number of hydrogen-bond acceptors (Lipinski definition) is 3. The molecule has 3 aromatic carbocycles. The SMILES string of the molecule is O=C(O)[C@H]1Cc2ccccc2CN1S(=O)(=O)c1ccc2ccccc2c1. The fourth-order valence-corrected chi connectivity index (χ4v) is 5.02. The van der Waals surface area contributed by atoms with E-state index in [-0.39, 0.29) is 17.9 Å². The summed E-state index contributed by atoms with van der Waals surface area (Å²) in [6.07, 6.45) is 0.165. The number of aliphatic carboxylic acids is 1. The van der Waals surface area contributed by atoms with Gasteiger partial charge in [-0.3, -0.25) is 4.79 Å². The fraction of sp³-hybridized carbons (Fsp3) is 0.150. The Kier molecular flexibility index (Phi) is 4.01. The molecule has 0 aliphatic carbocycles. The molecule has 4 rings (SSSR count). The lowest BCUT2D eigenvalue weighted by Gasteiger charge is -2.33. The Balaban J connectivity index is 1.81. The van der Waals surface area contributed by atoms with E-state index in [1.807, 2.05) is 48.5 Å². The Bertz CT molecular complexity index is 1110. The summed E-state index contributed by atoms with van der Waals surface area (Å²) < 4.78 is 27.5. The number of nitrogens with zero attached hydrogens (tertiary/aromatic N) is 1. The maximum Gasteiger partial charge on any atom is 0.322 e. The maximum atomic E-state index is 13.2. The van der Waals surface area contributed by atoms with Crippen LogP contribution in [0.4, 0.5) is 0 Å². The molecule has 0 saturated carbocycles. The lowest BCUT2D eigenvalue weighted by Crippen LogP contribution is -2.48. The molecule has 0 spiro atoms. The number of carboxylic acids is 1. The maximum absolute atomic E-state index is 13.2. The van der Waals surface area contributed by atoms with E-state index in [0.717, 1.165) is 26.2 Å². The molecule has 6 heteroatoms. The molecule has 0 bridgehead atoms. The van der Waals surface area contributed by atoms with Crippen LogP contribution in [0.25, 0.3) is 10.8 Å². The zero-order chi connectivity index (χ0) is 18.3. The lowest BCUT2D eigenvalue weighted by atomic mass is 9.96. The van der Waals surface area contributed by atoms with Crippen LogP contribution in [-0.4, -0.2) is 29.8 Å². The van der Waals surface area contributed by atoms with Crippen molar-refractivity contribution < 1.29 is 18.3 Å². The normalized spacial score (nSPS) is 17.8. The molecule has 0 radical (unpaired) electrons. The number of benzene rings is 3. The van der Waals surface area contributed by atoms with E-state index in [1.165, 1.54) is 6.07 Å². The highest BCUT2D eigenvalue weighted by atomic mass is 32.2. The first-order valence-electron chi connectivity index (χ1n) is 8.27. The van der Waals surface area contributed by atoms with Crippen LogP contribution in [-0.2, 0) is 27.8 Å². The lowest BCUT2D eigenvalue weighted by molar-refractivity contribution is -0.141. The third kappa shape index (κ3) is 2.77. The Hall–Kier alpha value is -2.70. The van der Waals surface area contributed by atoms with E-state index in [9.17, 15) is 18.3 Å². The fourth-order valence-electron chi connectivity index (χ4n) is 3.43. The number of sulfonamides is 1. The van der Waals surface area contributed by atoms with Crippen molar-refractivity contribution in [1.82, 2.24) is 4.31 Å². The van der Waals surface area contributed by atoms with E-state index >= 15 is 0 Å². The Morgan fingerprint density at radius 2 is 1.58 bits per heavy atom. The van der Waals surface area contributed by atoms with E-state index in [2.05, 4.69) is 0 Å². The predicted octanol–water partition coefficient (Wildman–Crippen LogP) is 3.04. The molecule has 1 atom stereocenters. The van der Waals surface area contributed by atoms with Crippen LogP contribution in [0.3, 0.4) is 0 Å². The van der Waals surface area contributed by atoms with Crippen LogP contribution in [0.2, 0.25) is 0 Å². The van der Waals surface area contributed by atoms with Gasteiger partial charge in [0, 0.05) is 13.0 Å². The van der Waals surface area contributed by atoms with Gasteiger partial charge in [0.2, 0.25) is 10.0 Å². The summed E-state index contributed by atoms with van der Waals surface area (Å²) in [5, 5.41) is 11.3. The first-order chi connectivity index (χ1) is 12.5. The van der Waals surface area contributed by atoms with Crippen LogP contribution >= 0.6 is 0 Å². The second-order valence-corrected chi connectivity index (χ2v) is 8.28. The molecule has 0 aromatic heterocycles. The summed E-state index contributed by atoms with van der Waals surface area (Å²) >= 11 is 0. The highest BCUT2D eigenvalue weighted by Gasteiger charge is 2.39. The standard InChI is InChI=1S/C20H17NO4S/c22-20(23)19-12-16-7-3-4-8-17(16)13-21(19)26(24,25)18-10-9-14-5-1-2-6-15(14)11-18/h1-11,19H,12-13H2,(H,22,23)/t19-/m1/s1. The van der Waals surface area contributed by atoms with Gasteiger partial charge in [-0.15, -0.1) is 0 Å². The zero-order valence-electron chi connectivity index (χ0n) is 13.9. The van der Waals surface area contributed by atoms with Gasteiger partial charge in [0.05, 0.1) is 4.90 Å². The average Bonchev–Trinajstić information content (AvgIpc) is 2.66. The van der Waals surface area contributed by atoms with Gasteiger partial charge in [0.25, 0.3) is 0 Å². The summed E-state index contributed by atoms with van der Waals surface area (Å²) in [6.45, 7) is 0.0578. The molecule has 0 saturated heterocycles. The van der Waals surface area contributed by atoms with Crippen molar-refractivity contribution in [1.29, 1.82) is 0 Å². The van der Waals surface area contributed by atoms with Gasteiger partial charge in [-0.2, -0.15) is 4.31 Å². The molecule has 1 aliphatic heterocycles. The summed E-state index contributed by atoms with van der Waals surface area (Å²) in [5.41, 5.74) is 1.72. The number of carbonyl (C=O) groups is 1. The van der Waals surface area contributed by atoms with Crippen LogP contribution in [0, 0.1) is 0 Å². The minimum Gasteiger partial charge on any atom is -0.480 e. The summed E-state index contributed by atoms with van der Waals surface area (Å²) in [6, 6.07) is 18.6. The first-order valence-corrected chi connectivity index (χ1v) is 9.71. The van der Waals surface area contributed by atoms with Gasteiger partial charge in [-0.05, 0) is 34.0 Å². The van der Waals surface area contributed by atoms with Crippen molar-refractivity contribution in [3.8, 4) is 0 Å². The molecule has 3 aromatic rings. The van der Waals surface area contributed by atoms with E-state index < -0.39 is 22.0 Å². The molecule has 26 heavy (non-hydrogen) atoms. The third-order valence-corrected chi connectivity index (χ3v) is 6.67. The molecule has 0 amide bonds. The number of fused-ring (bicyclic) bond motifs is 2. The number of carboxylic acid groups (broad SMARTS) is 1. The van der Waals surface area contributed by atoms with Crippen molar-refractivity contribution in [3.63, 3.8) is 0 Å². The van der Waals surface area contributed by atoms with Crippen molar-refractivity contribution in [3.05, 3.63) is 77.9 Å². The van der Waals surface area contributed by atoms with Crippen molar-refractivity contribution >= 4 is 26.8 Å². The van der Waals surface area contributed by atoms with E-state index in [4.69, 9.17) is 0 Å². The van der Waals surface area contributed by atoms with Crippen LogP contribution in [0.5, 0.6) is 0 Å². The molecular weight excluding hydrogens is 350 g/mol. The quantitative estimate of drug-likeness (QED) is 0.772. The van der Waals surface area contributed by atoms with Crippen molar-refractivity contribution in [2.45, 2.75) is 23.9 Å². The molecule has 1 heterocycles. The Labute approximate surface area is 151 Å². The van der Waals surface area contributed by atoms with Gasteiger partial charge in [0.1, 0.15) is 6.04 Å². The molecule has 0 unspecified atom stereocenters. The smallest absolute Gasteiger partial charge is 0.322 e. The molecule has 132 valence electrons. The van der Waals surface area contributed by atoms with E-state index in [0.29, 0.717) is 0 Å². The molecule has 1 N–H and O–H groups in total. The molecule has 0 fully saturated rings. The summed E-state index contributed by atoms with van der Waals surface area (Å²) in [5.74, 6) is -1.14. The largest absolute Gasteiger partial charge is 0.480 e. The summed E-state index contributed by atoms with van der Waals surface area (Å²) in [7, 11) is -3.94. The van der Waals surface area contributed by atoms with Crippen molar-refractivity contribution in [2.24, 2.45) is 0 Å². The van der Waals surface area contributed by atoms with Gasteiger partial charge >= 0.3 is 5.97 Å². The Morgan fingerprint density at radius 1 is 0.923 bits per heavy atom. The van der Waals surface area contributed by atoms with Gasteiger partial charge in [-0.1, -0.05) is 54.6 Å². The molecule has 1 aliphatic rings. The number of rotatable bonds is 3. The zero-order valence-corrected chi connectivity index (χ0v) is 14.7. The van der Waals surface area contributed by atoms with Gasteiger partial charge in [-0.25, -0.2) is 8.42 Å². The van der Waals surface area contributed by atoms with Gasteiger partial charge in [0.15, 0.2) is 0 Å². The van der Waals surface area contributed by atoms with Crippen molar-refractivity contribution in [2.75, 3.05) is 0 Å². The predicted molar refractivity (Wildman–Crippen MR) is 98.2 cm³/mol. The summed E-state index contributed by atoms with van der Waals surface area (Å²) in [4.78, 5) is 11.9. The monoisotopic (exact) mass is 367 g/mol. The van der Waals surface area contributed by atoms with Gasteiger partial charge < -0.3 is 5.11 Å². The molecule has 5 nitrogen and oxygen atoms in total. The first kappa shape index (κ1) is 16.8. The highest BCUT2D eigenvalue weighted by Crippen LogP contribution is 2.30. The third-order valence-electron chi connectivity index (χ3n) is 4.82. The van der Waals surface area contributed by atoms with Crippen LogP contribution in [0.1, 0.15) is 11.1 Å². The van der Waals surface area contributed by atoms with Crippen LogP contribution in [0.15, 0.2) is 71.6 Å². The average molecular weight is 367 g/mol. The highest BCUT2D eigenvalue weighted by molar-refractivity contribution is 7.89. The minimum absolute atomic E-state index is 0.0578. The second kappa shape index (κ2) is 6.23. The van der Waals surface area contributed by atoms with E-state index in [1.54, 1.807) is 12.1 Å².